The zero-order valence-electron chi connectivity index (χ0n) is 20.9. The molecule has 5 N–H and O–H groups in total. The van der Waals surface area contributed by atoms with Crippen molar-refractivity contribution in [3.05, 3.63) is 53.1 Å². The number of amides is 1. The third-order valence-corrected chi connectivity index (χ3v) is 8.39. The van der Waals surface area contributed by atoms with Gasteiger partial charge in [-0.05, 0) is 61.2 Å². The van der Waals surface area contributed by atoms with Gasteiger partial charge in [-0.1, -0.05) is 30.3 Å². The number of aliphatic hydroxyl groups is 2. The van der Waals surface area contributed by atoms with Gasteiger partial charge < -0.3 is 21.1 Å². The summed E-state index contributed by atoms with van der Waals surface area (Å²) in [6.07, 6.45) is 0.166. The van der Waals surface area contributed by atoms with Gasteiger partial charge >= 0.3 is 0 Å². The number of aromatic hydroxyl groups is 1. The van der Waals surface area contributed by atoms with Crippen molar-refractivity contribution in [1.82, 2.24) is 4.90 Å². The number of aliphatic hydroxyl groups excluding tert-OH is 1. The fourth-order valence-electron chi connectivity index (χ4n) is 6.66. The summed E-state index contributed by atoms with van der Waals surface area (Å²) in [5.74, 6) is -10.7. The number of hydrogen-bond acceptors (Lipinski definition) is 9. The van der Waals surface area contributed by atoms with Gasteiger partial charge in [-0.3, -0.25) is 28.9 Å². The Morgan fingerprint density at radius 1 is 1.05 bits per heavy atom. The van der Waals surface area contributed by atoms with Crippen LogP contribution < -0.4 is 5.73 Å². The van der Waals surface area contributed by atoms with Crippen LogP contribution in [0.4, 0.5) is 0 Å². The normalized spacial score (nSPS) is 30.6. The van der Waals surface area contributed by atoms with Gasteiger partial charge in [-0.15, -0.1) is 0 Å². The summed E-state index contributed by atoms with van der Waals surface area (Å²) in [6, 6.07) is 8.92. The summed E-state index contributed by atoms with van der Waals surface area (Å²) in [5, 5.41) is 31.7. The van der Waals surface area contributed by atoms with Gasteiger partial charge in [0.25, 0.3) is 0 Å². The number of nitrogens with two attached hydrogens (primary N) is 1. The highest BCUT2D eigenvalue weighted by Crippen LogP contribution is 2.51. The first-order valence-electron chi connectivity index (χ1n) is 12.3. The molecule has 3 aliphatic rings. The zero-order chi connectivity index (χ0) is 27.7. The van der Waals surface area contributed by atoms with Gasteiger partial charge in [0, 0.05) is 5.92 Å². The largest absolute Gasteiger partial charge is 0.507 e. The van der Waals surface area contributed by atoms with Crippen LogP contribution in [0.2, 0.25) is 0 Å². The lowest BCUT2D eigenvalue weighted by Gasteiger charge is -2.52. The number of ketones is 4. The molecule has 0 aliphatic heterocycles. The quantitative estimate of drug-likeness (QED) is 0.405. The van der Waals surface area contributed by atoms with Crippen molar-refractivity contribution in [2.45, 2.75) is 31.1 Å². The predicted octanol–water partition coefficient (Wildman–Crippen LogP) is 0.0263. The maximum atomic E-state index is 13.8. The molecule has 198 valence electrons. The first-order valence-corrected chi connectivity index (χ1v) is 12.3. The molecule has 0 spiro atoms. The Balaban J connectivity index is 1.64. The molecule has 1 amide bonds. The molecule has 0 heterocycles. The molecule has 2 unspecified atom stereocenters. The third kappa shape index (κ3) is 3.48. The number of carbonyl (C=O) groups is 5. The van der Waals surface area contributed by atoms with E-state index in [4.69, 9.17) is 5.73 Å². The van der Waals surface area contributed by atoms with Gasteiger partial charge in [0.2, 0.25) is 5.91 Å². The number of fused-ring (bicyclic) bond motifs is 3. The van der Waals surface area contributed by atoms with Crippen molar-refractivity contribution in [2.24, 2.45) is 29.4 Å². The maximum Gasteiger partial charge on any atom is 0.235 e. The van der Waals surface area contributed by atoms with Crippen LogP contribution in [0.25, 0.3) is 11.1 Å². The minimum absolute atomic E-state index is 0.0115. The van der Waals surface area contributed by atoms with Crippen molar-refractivity contribution >= 4 is 29.0 Å². The van der Waals surface area contributed by atoms with Crippen molar-refractivity contribution in [2.75, 3.05) is 14.1 Å². The topological polar surface area (TPSA) is 175 Å². The minimum atomic E-state index is -2.75. The average Bonchev–Trinajstić information content (AvgIpc) is 2.86. The molecule has 2 aromatic carbocycles. The lowest BCUT2D eigenvalue weighted by atomic mass is 9.52. The second-order valence-electron chi connectivity index (χ2n) is 10.6. The summed E-state index contributed by atoms with van der Waals surface area (Å²) >= 11 is 0. The second kappa shape index (κ2) is 8.93. The third-order valence-electron chi connectivity index (χ3n) is 8.39. The Labute approximate surface area is 218 Å². The van der Waals surface area contributed by atoms with E-state index in [2.05, 4.69) is 0 Å². The van der Waals surface area contributed by atoms with Crippen LogP contribution >= 0.6 is 0 Å². The fraction of sp³-hybridized carbons (Fsp3) is 0.393. The zero-order valence-corrected chi connectivity index (χ0v) is 20.9. The molecule has 0 radical (unpaired) electrons. The van der Waals surface area contributed by atoms with Gasteiger partial charge in [-0.25, -0.2) is 0 Å². The number of nitrogens with zero attached hydrogens (tertiary/aromatic N) is 1. The first kappa shape index (κ1) is 25.9. The first-order chi connectivity index (χ1) is 17.9. The van der Waals surface area contributed by atoms with Gasteiger partial charge in [0.15, 0.2) is 34.7 Å². The number of phenols is 1. The van der Waals surface area contributed by atoms with E-state index in [-0.39, 0.29) is 30.8 Å². The molecule has 0 saturated heterocycles. The smallest absolute Gasteiger partial charge is 0.235 e. The van der Waals surface area contributed by atoms with E-state index >= 15 is 0 Å². The molecule has 0 bridgehead atoms. The maximum absolute atomic E-state index is 13.8. The van der Waals surface area contributed by atoms with Crippen LogP contribution in [0, 0.1) is 23.7 Å². The number of rotatable bonds is 4. The van der Waals surface area contributed by atoms with Crippen LogP contribution in [0.3, 0.4) is 0 Å². The number of Topliss-reactive ketones (excluding diaryl/α,β-unsaturated/α-hetero) is 4. The Bertz CT molecular complexity index is 1400. The van der Waals surface area contributed by atoms with Gasteiger partial charge in [0.1, 0.15) is 5.75 Å². The van der Waals surface area contributed by atoms with Crippen LogP contribution in [0.5, 0.6) is 5.75 Å². The lowest BCUT2D eigenvalue weighted by molar-refractivity contribution is -0.181. The highest BCUT2D eigenvalue weighted by atomic mass is 16.3. The molecule has 3 aliphatic carbocycles. The van der Waals surface area contributed by atoms with Gasteiger partial charge in [-0.2, -0.15) is 0 Å². The van der Waals surface area contributed by atoms with E-state index in [1.165, 1.54) is 11.0 Å². The molecule has 0 aromatic heterocycles. The summed E-state index contributed by atoms with van der Waals surface area (Å²) in [7, 11) is 3.09. The van der Waals surface area contributed by atoms with E-state index < -0.39 is 64.4 Å². The van der Waals surface area contributed by atoms with E-state index in [0.717, 1.165) is 5.56 Å². The number of carbonyl (C=O) groups excluding carboxylic acids is 5. The monoisotopic (exact) mass is 520 g/mol. The number of likely N-dealkylation sites (N-methyl/N-ethyl adjacent to an activating group) is 1. The standard InChI is InChI=1S/C28H28N2O8/c1-30(2)22-17-10-14-9-16-15(13-5-3-12(11-31)4-6-13)7-8-18(32)20(16)23(33)19(14)25(35)28(17,38)26(36)21(24(22)34)27(29)37/h3-8,14,17,19,21-22,31-32,38H,9-11H2,1-2H3,(H2,29,37)/t14-,17-,19?,21?,22-,28-/m1/s1. The van der Waals surface area contributed by atoms with E-state index in [9.17, 15) is 39.3 Å². The minimum Gasteiger partial charge on any atom is -0.507 e. The van der Waals surface area contributed by atoms with Crippen LogP contribution in [0.1, 0.15) is 27.9 Å². The number of hydrogen-bond donors (Lipinski definition) is 4. The van der Waals surface area contributed by atoms with Crippen LogP contribution in [0.15, 0.2) is 36.4 Å². The molecular weight excluding hydrogens is 492 g/mol. The Morgan fingerprint density at radius 3 is 2.29 bits per heavy atom. The second-order valence-corrected chi connectivity index (χ2v) is 10.6. The van der Waals surface area contributed by atoms with Gasteiger partial charge in [0.05, 0.1) is 24.1 Å². The molecule has 10 heteroatoms. The molecular formula is C28H28N2O8. The number of primary amides is 1. The number of benzene rings is 2. The molecule has 2 fully saturated rings. The molecule has 10 nitrogen and oxygen atoms in total. The molecule has 5 rings (SSSR count). The fourth-order valence-corrected chi connectivity index (χ4v) is 6.66. The van der Waals surface area contributed by atoms with Crippen molar-refractivity contribution in [3.63, 3.8) is 0 Å². The molecule has 2 aromatic rings. The molecule has 38 heavy (non-hydrogen) atoms. The summed E-state index contributed by atoms with van der Waals surface area (Å²) in [5.41, 5.74) is 5.16. The summed E-state index contributed by atoms with van der Waals surface area (Å²) in [4.78, 5) is 67.6. The van der Waals surface area contributed by atoms with Crippen LogP contribution in [-0.4, -0.2) is 75.0 Å². The summed E-state index contributed by atoms with van der Waals surface area (Å²) < 4.78 is 0. The summed E-state index contributed by atoms with van der Waals surface area (Å²) in [6.45, 7) is -0.135. The Hall–Kier alpha value is -3.73. The van der Waals surface area contributed by atoms with E-state index in [1.54, 1.807) is 44.4 Å². The predicted molar refractivity (Wildman–Crippen MR) is 133 cm³/mol. The molecule has 2 saturated carbocycles. The Morgan fingerprint density at radius 2 is 1.71 bits per heavy atom. The van der Waals surface area contributed by atoms with Crippen molar-refractivity contribution in [1.29, 1.82) is 0 Å². The van der Waals surface area contributed by atoms with Crippen molar-refractivity contribution < 1.29 is 39.3 Å². The van der Waals surface area contributed by atoms with E-state index in [0.29, 0.717) is 16.7 Å². The van der Waals surface area contributed by atoms with Crippen molar-refractivity contribution in [3.8, 4) is 16.9 Å². The Kier molecular flexibility index (Phi) is 6.09. The number of phenolic OH excluding ortho intramolecular Hbond substituents is 1. The SMILES string of the molecule is CN(C)[C@H]1C(=O)C(C(N)=O)C(=O)[C@]2(O)C(=O)C3C(=O)c4c(O)ccc(-c5ccc(CO)cc5)c4C[C@@H]3C[C@H]12. The highest BCUT2D eigenvalue weighted by molar-refractivity contribution is 6.32. The van der Waals surface area contributed by atoms with Crippen LogP contribution in [-0.2, 0) is 32.2 Å². The lowest BCUT2D eigenvalue weighted by Crippen LogP contribution is -2.74. The highest BCUT2D eigenvalue weighted by Gasteiger charge is 2.69. The average molecular weight is 521 g/mol. The van der Waals surface area contributed by atoms with E-state index in [1.807, 2.05) is 0 Å². The molecule has 6 atom stereocenters.